The first-order chi connectivity index (χ1) is 11.8. The first kappa shape index (κ1) is 14.3. The summed E-state index contributed by atoms with van der Waals surface area (Å²) in [5.41, 5.74) is 12.2. The zero-order valence-electron chi connectivity index (χ0n) is 13.1. The summed E-state index contributed by atoms with van der Waals surface area (Å²) in [5.74, 6) is 0. The fraction of sp³-hybridized carbons (Fsp3) is 0. The van der Waals surface area contributed by atoms with E-state index in [0.717, 1.165) is 22.5 Å². The Morgan fingerprint density at radius 2 is 1.38 bits per heavy atom. The molecule has 0 aliphatic rings. The van der Waals surface area contributed by atoms with Gasteiger partial charge in [0.15, 0.2) is 0 Å². The lowest BCUT2D eigenvalue weighted by molar-refractivity contribution is 0.881. The predicted molar refractivity (Wildman–Crippen MR) is 98.8 cm³/mol. The van der Waals surface area contributed by atoms with Crippen LogP contribution in [0, 0.1) is 0 Å². The Morgan fingerprint density at radius 3 is 2.12 bits per heavy atom. The van der Waals surface area contributed by atoms with Crippen LogP contribution in [0.15, 0.2) is 91.3 Å². The Labute approximate surface area is 141 Å². The van der Waals surface area contributed by atoms with E-state index in [1.54, 1.807) is 0 Å². The van der Waals surface area contributed by atoms with Gasteiger partial charge in [-0.1, -0.05) is 54.6 Å². The SMILES string of the molecule is Nc1cccc(-c2cnn(-c3ccc(-c4ccccc4)cc3)c2)c1. The van der Waals surface area contributed by atoms with Crippen LogP contribution in [0.4, 0.5) is 5.69 Å². The normalized spacial score (nSPS) is 10.7. The molecule has 0 unspecified atom stereocenters. The Hall–Kier alpha value is -3.33. The number of rotatable bonds is 3. The van der Waals surface area contributed by atoms with Crippen LogP contribution in [-0.2, 0) is 0 Å². The molecule has 0 atom stereocenters. The smallest absolute Gasteiger partial charge is 0.0646 e. The van der Waals surface area contributed by atoms with E-state index >= 15 is 0 Å². The second-order valence-electron chi connectivity index (χ2n) is 5.71. The lowest BCUT2D eigenvalue weighted by Crippen LogP contribution is -1.93. The summed E-state index contributed by atoms with van der Waals surface area (Å²) in [6, 6.07) is 26.6. The number of benzene rings is 3. The van der Waals surface area contributed by atoms with Crippen molar-refractivity contribution in [3.8, 4) is 27.9 Å². The molecular formula is C21H17N3. The van der Waals surface area contributed by atoms with Crippen molar-refractivity contribution in [1.29, 1.82) is 0 Å². The van der Waals surface area contributed by atoms with Gasteiger partial charge in [0.05, 0.1) is 11.9 Å². The summed E-state index contributed by atoms with van der Waals surface area (Å²) in [5, 5.41) is 4.47. The Morgan fingerprint density at radius 1 is 0.667 bits per heavy atom. The number of hydrogen-bond donors (Lipinski definition) is 1. The third kappa shape index (κ3) is 2.79. The van der Waals surface area contributed by atoms with Gasteiger partial charge >= 0.3 is 0 Å². The molecule has 3 nitrogen and oxygen atoms in total. The monoisotopic (exact) mass is 311 g/mol. The average molecular weight is 311 g/mol. The average Bonchev–Trinajstić information content (AvgIpc) is 3.13. The second kappa shape index (κ2) is 6.05. The number of hydrogen-bond acceptors (Lipinski definition) is 2. The minimum atomic E-state index is 0.757. The van der Waals surface area contributed by atoms with Crippen LogP contribution in [0.3, 0.4) is 0 Å². The van der Waals surface area contributed by atoms with Crippen molar-refractivity contribution in [1.82, 2.24) is 9.78 Å². The van der Waals surface area contributed by atoms with E-state index in [4.69, 9.17) is 5.73 Å². The maximum atomic E-state index is 5.86. The van der Waals surface area contributed by atoms with Gasteiger partial charge in [-0.3, -0.25) is 0 Å². The highest BCUT2D eigenvalue weighted by molar-refractivity contribution is 5.67. The van der Waals surface area contributed by atoms with Crippen molar-refractivity contribution >= 4 is 5.69 Å². The van der Waals surface area contributed by atoms with Gasteiger partial charge in [0.1, 0.15) is 0 Å². The molecule has 0 radical (unpaired) electrons. The van der Waals surface area contributed by atoms with Crippen molar-refractivity contribution < 1.29 is 0 Å². The largest absolute Gasteiger partial charge is 0.399 e. The fourth-order valence-electron chi connectivity index (χ4n) is 2.77. The highest BCUT2D eigenvalue weighted by Gasteiger charge is 2.04. The topological polar surface area (TPSA) is 43.8 Å². The second-order valence-corrected chi connectivity index (χ2v) is 5.71. The summed E-state index contributed by atoms with van der Waals surface area (Å²) in [4.78, 5) is 0. The van der Waals surface area contributed by atoms with Crippen LogP contribution in [0.5, 0.6) is 0 Å². The molecule has 0 fully saturated rings. The van der Waals surface area contributed by atoms with Gasteiger partial charge in [0.2, 0.25) is 0 Å². The van der Waals surface area contributed by atoms with Crippen LogP contribution in [-0.4, -0.2) is 9.78 Å². The molecule has 1 aromatic heterocycles. The molecule has 3 aromatic carbocycles. The maximum Gasteiger partial charge on any atom is 0.0646 e. The quantitative estimate of drug-likeness (QED) is 0.553. The van der Waals surface area contributed by atoms with Crippen LogP contribution in [0.1, 0.15) is 0 Å². The van der Waals surface area contributed by atoms with Crippen LogP contribution in [0.25, 0.3) is 27.9 Å². The molecule has 24 heavy (non-hydrogen) atoms. The lowest BCUT2D eigenvalue weighted by atomic mass is 10.1. The van der Waals surface area contributed by atoms with Gasteiger partial charge in [0, 0.05) is 17.4 Å². The molecule has 0 saturated heterocycles. The summed E-state index contributed by atoms with van der Waals surface area (Å²) in [6.07, 6.45) is 3.88. The van der Waals surface area contributed by atoms with E-state index in [9.17, 15) is 0 Å². The van der Waals surface area contributed by atoms with E-state index in [2.05, 4.69) is 53.6 Å². The standard InChI is InChI=1S/C21H17N3/c22-20-8-4-7-18(13-20)19-14-23-24(15-19)21-11-9-17(10-12-21)16-5-2-1-3-6-16/h1-15H,22H2. The third-order valence-electron chi connectivity index (χ3n) is 4.04. The number of nitrogens with zero attached hydrogens (tertiary/aromatic N) is 2. The van der Waals surface area contributed by atoms with Gasteiger partial charge in [0.25, 0.3) is 0 Å². The number of nitrogen functional groups attached to an aromatic ring is 1. The molecule has 1 heterocycles. The van der Waals surface area contributed by atoms with E-state index in [-0.39, 0.29) is 0 Å². The fourth-order valence-corrected chi connectivity index (χ4v) is 2.77. The van der Waals surface area contributed by atoms with E-state index in [1.807, 2.05) is 47.4 Å². The van der Waals surface area contributed by atoms with Crippen LogP contribution < -0.4 is 5.73 Å². The lowest BCUT2D eigenvalue weighted by Gasteiger charge is -2.04. The molecule has 0 aliphatic carbocycles. The minimum absolute atomic E-state index is 0.757. The molecule has 116 valence electrons. The molecule has 0 aliphatic heterocycles. The van der Waals surface area contributed by atoms with E-state index < -0.39 is 0 Å². The van der Waals surface area contributed by atoms with Crippen LogP contribution >= 0.6 is 0 Å². The summed E-state index contributed by atoms with van der Waals surface area (Å²) < 4.78 is 1.88. The summed E-state index contributed by atoms with van der Waals surface area (Å²) >= 11 is 0. The molecule has 0 amide bonds. The first-order valence-corrected chi connectivity index (χ1v) is 7.86. The summed E-state index contributed by atoms with van der Waals surface area (Å²) in [6.45, 7) is 0. The molecule has 4 rings (SSSR count). The van der Waals surface area contributed by atoms with E-state index in [1.165, 1.54) is 11.1 Å². The highest BCUT2D eigenvalue weighted by atomic mass is 15.3. The minimum Gasteiger partial charge on any atom is -0.399 e. The molecule has 2 N–H and O–H groups in total. The van der Waals surface area contributed by atoms with Crippen molar-refractivity contribution in [3.63, 3.8) is 0 Å². The van der Waals surface area contributed by atoms with Crippen molar-refractivity contribution in [2.24, 2.45) is 0 Å². The number of aromatic nitrogens is 2. The van der Waals surface area contributed by atoms with Gasteiger partial charge in [-0.15, -0.1) is 0 Å². The van der Waals surface area contributed by atoms with Gasteiger partial charge in [-0.05, 0) is 41.0 Å². The zero-order valence-corrected chi connectivity index (χ0v) is 13.1. The number of anilines is 1. The Bertz CT molecular complexity index is 954. The molecule has 3 heteroatoms. The van der Waals surface area contributed by atoms with Crippen LogP contribution in [0.2, 0.25) is 0 Å². The predicted octanol–water partition coefficient (Wildman–Crippen LogP) is 4.79. The number of nitrogens with two attached hydrogens (primary N) is 1. The molecule has 0 spiro atoms. The van der Waals surface area contributed by atoms with Gasteiger partial charge in [-0.2, -0.15) is 5.10 Å². The Kier molecular flexibility index (Phi) is 3.60. The first-order valence-electron chi connectivity index (χ1n) is 7.86. The zero-order chi connectivity index (χ0) is 16.4. The molecule has 0 saturated carbocycles. The van der Waals surface area contributed by atoms with Gasteiger partial charge in [-0.25, -0.2) is 4.68 Å². The van der Waals surface area contributed by atoms with Crippen molar-refractivity contribution in [2.45, 2.75) is 0 Å². The van der Waals surface area contributed by atoms with Gasteiger partial charge < -0.3 is 5.73 Å². The maximum absolute atomic E-state index is 5.86. The van der Waals surface area contributed by atoms with Crippen molar-refractivity contribution in [2.75, 3.05) is 5.73 Å². The molecule has 4 aromatic rings. The molecular weight excluding hydrogens is 294 g/mol. The summed E-state index contributed by atoms with van der Waals surface area (Å²) in [7, 11) is 0. The Balaban J connectivity index is 1.63. The van der Waals surface area contributed by atoms with E-state index in [0.29, 0.717) is 0 Å². The third-order valence-corrected chi connectivity index (χ3v) is 4.04. The molecule has 0 bridgehead atoms. The highest BCUT2D eigenvalue weighted by Crippen LogP contribution is 2.24. The van der Waals surface area contributed by atoms with Crippen molar-refractivity contribution in [3.05, 3.63) is 91.3 Å².